The summed E-state index contributed by atoms with van der Waals surface area (Å²) in [5.41, 5.74) is 3.26. The van der Waals surface area contributed by atoms with Crippen LogP contribution in [-0.4, -0.2) is 41.8 Å². The van der Waals surface area contributed by atoms with E-state index >= 15 is 0 Å². The fraction of sp³-hybridized carbons (Fsp3) is 0.423. The topological polar surface area (TPSA) is 105 Å². The number of aliphatic carboxylic acids is 1. The van der Waals surface area contributed by atoms with Crippen LogP contribution in [0.3, 0.4) is 0 Å². The van der Waals surface area contributed by atoms with E-state index in [4.69, 9.17) is 4.74 Å². The SMILES string of the molecule is O=C(CC1(CNC(=O)OCC2c3ccccc3-c3ccccc32)CCC1)NC1(C(=O)O)CC1. The van der Waals surface area contributed by atoms with Gasteiger partial charge in [0.15, 0.2) is 0 Å². The summed E-state index contributed by atoms with van der Waals surface area (Å²) in [6.07, 6.45) is 3.30. The van der Waals surface area contributed by atoms with E-state index in [1.54, 1.807) is 0 Å². The largest absolute Gasteiger partial charge is 0.480 e. The lowest BCUT2D eigenvalue weighted by molar-refractivity contribution is -0.143. The number of nitrogens with one attached hydrogen (secondary N) is 2. The minimum Gasteiger partial charge on any atom is -0.480 e. The molecule has 0 aliphatic heterocycles. The molecule has 0 spiro atoms. The molecule has 2 saturated carbocycles. The summed E-state index contributed by atoms with van der Waals surface area (Å²) >= 11 is 0. The second-order valence-corrected chi connectivity index (χ2v) is 9.64. The molecule has 0 atom stereocenters. The Morgan fingerprint density at radius 3 is 2.06 bits per heavy atom. The van der Waals surface area contributed by atoms with Gasteiger partial charge >= 0.3 is 12.1 Å². The maximum atomic E-state index is 12.5. The predicted octanol–water partition coefficient (Wildman–Crippen LogP) is 3.82. The highest BCUT2D eigenvalue weighted by Crippen LogP contribution is 2.45. The van der Waals surface area contributed by atoms with Crippen LogP contribution in [0, 0.1) is 5.41 Å². The van der Waals surface area contributed by atoms with Gasteiger partial charge in [-0.15, -0.1) is 0 Å². The van der Waals surface area contributed by atoms with Gasteiger partial charge < -0.3 is 20.5 Å². The molecule has 3 aliphatic carbocycles. The number of fused-ring (bicyclic) bond motifs is 3. The quantitative estimate of drug-likeness (QED) is 0.570. The first kappa shape index (κ1) is 21.5. The number of carbonyl (C=O) groups excluding carboxylic acids is 2. The maximum absolute atomic E-state index is 12.5. The second-order valence-electron chi connectivity index (χ2n) is 9.64. The lowest BCUT2D eigenvalue weighted by Gasteiger charge is -2.41. The fourth-order valence-corrected chi connectivity index (χ4v) is 5.17. The monoisotopic (exact) mass is 448 g/mol. The van der Waals surface area contributed by atoms with Crippen molar-refractivity contribution in [3.8, 4) is 11.1 Å². The summed E-state index contributed by atoms with van der Waals surface area (Å²) < 4.78 is 5.60. The summed E-state index contributed by atoms with van der Waals surface area (Å²) in [6, 6.07) is 16.4. The van der Waals surface area contributed by atoms with Crippen LogP contribution in [0.15, 0.2) is 48.5 Å². The van der Waals surface area contributed by atoms with Crippen molar-refractivity contribution in [2.45, 2.75) is 50.0 Å². The average Bonchev–Trinajstić information content (AvgIpc) is 3.50. The number of alkyl carbamates (subject to hydrolysis) is 1. The smallest absolute Gasteiger partial charge is 0.407 e. The van der Waals surface area contributed by atoms with Crippen LogP contribution in [0.5, 0.6) is 0 Å². The normalized spacial score (nSPS) is 18.9. The van der Waals surface area contributed by atoms with E-state index in [-0.39, 0.29) is 30.3 Å². The third-order valence-corrected chi connectivity index (χ3v) is 7.44. The molecule has 0 saturated heterocycles. The highest BCUT2D eigenvalue weighted by Gasteiger charge is 2.52. The van der Waals surface area contributed by atoms with Crippen LogP contribution < -0.4 is 10.6 Å². The molecule has 33 heavy (non-hydrogen) atoms. The van der Waals surface area contributed by atoms with Gasteiger partial charge in [0, 0.05) is 18.9 Å². The van der Waals surface area contributed by atoms with E-state index in [1.807, 2.05) is 24.3 Å². The van der Waals surface area contributed by atoms with Crippen LogP contribution in [0.1, 0.15) is 55.6 Å². The maximum Gasteiger partial charge on any atom is 0.407 e. The molecule has 3 N–H and O–H groups in total. The molecule has 2 aromatic carbocycles. The van der Waals surface area contributed by atoms with Gasteiger partial charge in [-0.1, -0.05) is 55.0 Å². The van der Waals surface area contributed by atoms with E-state index in [2.05, 4.69) is 34.9 Å². The van der Waals surface area contributed by atoms with Crippen molar-refractivity contribution in [3.63, 3.8) is 0 Å². The zero-order chi connectivity index (χ0) is 23.1. The summed E-state index contributed by atoms with van der Waals surface area (Å²) in [6.45, 7) is 0.589. The van der Waals surface area contributed by atoms with E-state index in [0.717, 1.165) is 30.4 Å². The molecule has 0 unspecified atom stereocenters. The van der Waals surface area contributed by atoms with Gasteiger partial charge in [0.2, 0.25) is 5.91 Å². The van der Waals surface area contributed by atoms with Crippen LogP contribution >= 0.6 is 0 Å². The van der Waals surface area contributed by atoms with E-state index in [0.29, 0.717) is 19.4 Å². The first-order valence-corrected chi connectivity index (χ1v) is 11.5. The van der Waals surface area contributed by atoms with Gasteiger partial charge in [0.25, 0.3) is 0 Å². The number of amides is 2. The predicted molar refractivity (Wildman–Crippen MR) is 122 cm³/mol. The number of hydrogen-bond acceptors (Lipinski definition) is 4. The standard InChI is InChI=1S/C26H28N2O5/c29-22(28-26(12-13-26)23(30)31)14-25(10-5-11-25)16-27-24(32)33-15-21-19-8-3-1-6-17(19)18-7-2-4-9-20(18)21/h1-4,6-9,21H,5,10-16H2,(H,27,32)(H,28,29)(H,30,31). The van der Waals surface area contributed by atoms with Crippen molar-refractivity contribution >= 4 is 18.0 Å². The molecule has 172 valence electrons. The second kappa shape index (κ2) is 8.21. The third-order valence-electron chi connectivity index (χ3n) is 7.44. The molecule has 2 amide bonds. The zero-order valence-corrected chi connectivity index (χ0v) is 18.4. The van der Waals surface area contributed by atoms with Crippen molar-refractivity contribution in [1.29, 1.82) is 0 Å². The Balaban J connectivity index is 1.16. The van der Waals surface area contributed by atoms with Gasteiger partial charge in [-0.25, -0.2) is 9.59 Å². The van der Waals surface area contributed by atoms with Gasteiger partial charge in [-0.2, -0.15) is 0 Å². The lowest BCUT2D eigenvalue weighted by Crippen LogP contribution is -2.49. The third kappa shape index (κ3) is 4.08. The van der Waals surface area contributed by atoms with Crippen LogP contribution in [0.4, 0.5) is 4.79 Å². The van der Waals surface area contributed by atoms with Gasteiger partial charge in [0.1, 0.15) is 12.1 Å². The number of carboxylic acid groups (broad SMARTS) is 1. The van der Waals surface area contributed by atoms with Crippen molar-refractivity contribution in [3.05, 3.63) is 59.7 Å². The Hall–Kier alpha value is -3.35. The van der Waals surface area contributed by atoms with Crippen molar-refractivity contribution < 1.29 is 24.2 Å². The first-order valence-electron chi connectivity index (χ1n) is 11.5. The number of hydrogen-bond donors (Lipinski definition) is 3. The Morgan fingerprint density at radius 2 is 1.55 bits per heavy atom. The Bertz CT molecular complexity index is 1060. The lowest BCUT2D eigenvalue weighted by atomic mass is 9.66. The number of rotatable bonds is 8. The van der Waals surface area contributed by atoms with Crippen molar-refractivity contribution in [2.75, 3.05) is 13.2 Å². The van der Waals surface area contributed by atoms with Crippen molar-refractivity contribution in [1.82, 2.24) is 10.6 Å². The van der Waals surface area contributed by atoms with Crippen molar-refractivity contribution in [2.24, 2.45) is 5.41 Å². The molecular formula is C26H28N2O5. The molecule has 0 aromatic heterocycles. The number of carbonyl (C=O) groups is 3. The molecule has 5 rings (SSSR count). The number of ether oxygens (including phenoxy) is 1. The highest BCUT2D eigenvalue weighted by molar-refractivity contribution is 5.89. The van der Waals surface area contributed by atoms with Gasteiger partial charge in [0.05, 0.1) is 0 Å². The van der Waals surface area contributed by atoms with E-state index in [9.17, 15) is 19.5 Å². The van der Waals surface area contributed by atoms with Crippen LogP contribution in [0.2, 0.25) is 0 Å². The number of carboxylic acids is 1. The molecular weight excluding hydrogens is 420 g/mol. The summed E-state index contributed by atoms with van der Waals surface area (Å²) in [5.74, 6) is -1.24. The minimum atomic E-state index is -1.08. The Kier molecular flexibility index (Phi) is 5.35. The average molecular weight is 449 g/mol. The van der Waals surface area contributed by atoms with Gasteiger partial charge in [-0.05, 0) is 53.4 Å². The summed E-state index contributed by atoms with van der Waals surface area (Å²) in [5, 5.41) is 14.8. The van der Waals surface area contributed by atoms with E-state index in [1.165, 1.54) is 11.1 Å². The molecule has 3 aliphatic rings. The van der Waals surface area contributed by atoms with Crippen LogP contribution in [0.25, 0.3) is 11.1 Å². The molecule has 0 heterocycles. The first-order chi connectivity index (χ1) is 15.9. The minimum absolute atomic E-state index is 0.00246. The highest BCUT2D eigenvalue weighted by atomic mass is 16.5. The number of benzene rings is 2. The Morgan fingerprint density at radius 1 is 0.939 bits per heavy atom. The fourth-order valence-electron chi connectivity index (χ4n) is 5.17. The summed E-state index contributed by atoms with van der Waals surface area (Å²) in [4.78, 5) is 36.3. The van der Waals surface area contributed by atoms with E-state index < -0.39 is 17.6 Å². The summed E-state index contributed by atoms with van der Waals surface area (Å²) in [7, 11) is 0. The molecule has 0 radical (unpaired) electrons. The van der Waals surface area contributed by atoms with Crippen LogP contribution in [-0.2, 0) is 14.3 Å². The molecule has 2 fully saturated rings. The van der Waals surface area contributed by atoms with Gasteiger partial charge in [-0.3, -0.25) is 4.79 Å². The Labute approximate surface area is 192 Å². The molecule has 0 bridgehead atoms. The molecule has 7 nitrogen and oxygen atoms in total. The molecule has 7 heteroatoms. The molecule has 2 aromatic rings. The zero-order valence-electron chi connectivity index (χ0n) is 18.4.